The average molecular weight is 299 g/mol. The molecule has 1 aliphatic rings. The number of carbonyl (C=O) groups excluding carboxylic acids is 3. The highest BCUT2D eigenvalue weighted by atomic mass is 16.6. The summed E-state index contributed by atoms with van der Waals surface area (Å²) in [6.45, 7) is 10.7. The van der Waals surface area contributed by atoms with E-state index >= 15 is 0 Å². The van der Waals surface area contributed by atoms with Gasteiger partial charge in [-0.2, -0.15) is 0 Å². The summed E-state index contributed by atoms with van der Waals surface area (Å²) in [6, 6.07) is 0. The molecule has 2 atom stereocenters. The molecule has 0 N–H and O–H groups in total. The van der Waals surface area contributed by atoms with E-state index < -0.39 is 29.0 Å². The Bertz CT molecular complexity index is 440. The van der Waals surface area contributed by atoms with Gasteiger partial charge in [-0.1, -0.05) is 6.92 Å². The number of amides is 2. The molecular weight excluding hydrogens is 274 g/mol. The van der Waals surface area contributed by atoms with Gasteiger partial charge in [0.05, 0.1) is 6.61 Å². The number of carbonyl (C=O) groups is 3. The standard InChI is InChI=1S/C15H25NO5/c1-7-20-12(18)15(6)10(2)8-9-16(11(15)17)13(19)21-14(3,4)5/h10H,7-9H2,1-6H3. The van der Waals surface area contributed by atoms with E-state index in [4.69, 9.17) is 9.47 Å². The maximum atomic E-state index is 12.6. The molecular formula is C15H25NO5. The third kappa shape index (κ3) is 3.54. The van der Waals surface area contributed by atoms with Gasteiger partial charge in [-0.3, -0.25) is 9.59 Å². The first-order chi connectivity index (χ1) is 9.54. The fraction of sp³-hybridized carbons (Fsp3) is 0.800. The molecule has 2 amide bonds. The molecule has 0 saturated carbocycles. The van der Waals surface area contributed by atoms with Crippen LogP contribution in [0.1, 0.15) is 48.0 Å². The average Bonchev–Trinajstić information content (AvgIpc) is 2.34. The highest BCUT2D eigenvalue weighted by Crippen LogP contribution is 2.38. The van der Waals surface area contributed by atoms with Crippen molar-refractivity contribution in [1.82, 2.24) is 4.90 Å². The van der Waals surface area contributed by atoms with Gasteiger partial charge >= 0.3 is 12.1 Å². The maximum absolute atomic E-state index is 12.6. The van der Waals surface area contributed by atoms with Gasteiger partial charge in [-0.25, -0.2) is 9.69 Å². The number of nitrogens with zero attached hydrogens (tertiary/aromatic N) is 1. The Morgan fingerprint density at radius 2 is 1.95 bits per heavy atom. The molecule has 0 bridgehead atoms. The summed E-state index contributed by atoms with van der Waals surface area (Å²) < 4.78 is 10.2. The zero-order chi connectivity index (χ0) is 16.4. The van der Waals surface area contributed by atoms with Crippen LogP contribution in [-0.2, 0) is 19.1 Å². The monoisotopic (exact) mass is 299 g/mol. The van der Waals surface area contributed by atoms with Crippen LogP contribution < -0.4 is 0 Å². The van der Waals surface area contributed by atoms with Gasteiger partial charge in [0.25, 0.3) is 0 Å². The largest absolute Gasteiger partial charge is 0.465 e. The van der Waals surface area contributed by atoms with Crippen LogP contribution in [0.15, 0.2) is 0 Å². The molecule has 0 aromatic rings. The molecule has 6 nitrogen and oxygen atoms in total. The summed E-state index contributed by atoms with van der Waals surface area (Å²) in [5, 5.41) is 0. The Labute approximate surface area is 125 Å². The first-order valence-electron chi connectivity index (χ1n) is 7.26. The Morgan fingerprint density at radius 3 is 2.43 bits per heavy atom. The van der Waals surface area contributed by atoms with Crippen LogP contribution in [-0.4, -0.2) is 41.6 Å². The van der Waals surface area contributed by atoms with Gasteiger partial charge in [0.1, 0.15) is 11.0 Å². The molecule has 1 rings (SSSR count). The molecule has 21 heavy (non-hydrogen) atoms. The third-order valence-electron chi connectivity index (χ3n) is 3.77. The van der Waals surface area contributed by atoms with E-state index in [1.54, 1.807) is 27.7 Å². The Kier molecular flexibility index (Phi) is 5.02. The fourth-order valence-electron chi connectivity index (χ4n) is 2.26. The first-order valence-corrected chi connectivity index (χ1v) is 7.26. The van der Waals surface area contributed by atoms with E-state index in [9.17, 15) is 14.4 Å². The topological polar surface area (TPSA) is 72.9 Å². The van der Waals surface area contributed by atoms with Crippen molar-refractivity contribution in [2.24, 2.45) is 11.3 Å². The Hall–Kier alpha value is -1.59. The van der Waals surface area contributed by atoms with Gasteiger partial charge < -0.3 is 9.47 Å². The highest BCUT2D eigenvalue weighted by molar-refractivity contribution is 6.08. The minimum atomic E-state index is -1.34. The highest BCUT2D eigenvalue weighted by Gasteiger charge is 2.54. The molecule has 0 aromatic carbocycles. The molecule has 2 unspecified atom stereocenters. The SMILES string of the molecule is CCOC(=O)C1(C)C(=O)N(C(=O)OC(C)(C)C)CCC1C. The van der Waals surface area contributed by atoms with Crippen molar-refractivity contribution in [2.75, 3.05) is 13.2 Å². The number of imide groups is 1. The van der Waals surface area contributed by atoms with Gasteiger partial charge in [-0.15, -0.1) is 0 Å². The van der Waals surface area contributed by atoms with Crippen molar-refractivity contribution >= 4 is 18.0 Å². The van der Waals surface area contributed by atoms with Gasteiger partial charge in [-0.05, 0) is 47.0 Å². The molecule has 120 valence electrons. The van der Waals surface area contributed by atoms with E-state index in [2.05, 4.69) is 0 Å². The van der Waals surface area contributed by atoms with E-state index in [-0.39, 0.29) is 19.1 Å². The third-order valence-corrected chi connectivity index (χ3v) is 3.77. The van der Waals surface area contributed by atoms with Crippen LogP contribution in [0.2, 0.25) is 0 Å². The van der Waals surface area contributed by atoms with Crippen molar-refractivity contribution in [3.05, 3.63) is 0 Å². The predicted octanol–water partition coefficient (Wildman–Crippen LogP) is 2.36. The second kappa shape index (κ2) is 6.03. The van der Waals surface area contributed by atoms with E-state index in [0.717, 1.165) is 4.90 Å². The lowest BCUT2D eigenvalue weighted by molar-refractivity contribution is -0.170. The quantitative estimate of drug-likeness (QED) is 0.578. The molecule has 0 radical (unpaired) electrons. The summed E-state index contributed by atoms with van der Waals surface area (Å²) in [5.41, 5.74) is -2.04. The predicted molar refractivity (Wildman–Crippen MR) is 76.5 cm³/mol. The lowest BCUT2D eigenvalue weighted by Gasteiger charge is -2.41. The molecule has 0 spiro atoms. The molecule has 1 heterocycles. The lowest BCUT2D eigenvalue weighted by atomic mass is 9.72. The number of hydrogen-bond donors (Lipinski definition) is 0. The number of likely N-dealkylation sites (tertiary alicyclic amines) is 1. The van der Waals surface area contributed by atoms with E-state index in [1.807, 2.05) is 6.92 Å². The van der Waals surface area contributed by atoms with E-state index in [0.29, 0.717) is 6.42 Å². The normalized spacial score (nSPS) is 26.5. The summed E-state index contributed by atoms with van der Waals surface area (Å²) in [7, 11) is 0. The van der Waals surface area contributed by atoms with Crippen LogP contribution >= 0.6 is 0 Å². The van der Waals surface area contributed by atoms with Gasteiger partial charge in [0, 0.05) is 6.54 Å². The first kappa shape index (κ1) is 17.5. The number of ether oxygens (including phenoxy) is 2. The van der Waals surface area contributed by atoms with Crippen molar-refractivity contribution in [3.8, 4) is 0 Å². The zero-order valence-corrected chi connectivity index (χ0v) is 13.7. The Balaban J connectivity index is 3.00. The number of esters is 1. The van der Waals surface area contributed by atoms with Gasteiger partial charge in [0.2, 0.25) is 5.91 Å². The van der Waals surface area contributed by atoms with E-state index in [1.165, 1.54) is 6.92 Å². The van der Waals surface area contributed by atoms with Crippen molar-refractivity contribution in [2.45, 2.75) is 53.6 Å². The molecule has 0 aliphatic carbocycles. The molecule has 1 fully saturated rings. The van der Waals surface area contributed by atoms with Crippen molar-refractivity contribution in [1.29, 1.82) is 0 Å². The smallest absolute Gasteiger partial charge is 0.417 e. The summed E-state index contributed by atoms with van der Waals surface area (Å²) in [6.07, 6.45) is -0.171. The summed E-state index contributed by atoms with van der Waals surface area (Å²) in [5.74, 6) is -1.33. The number of hydrogen-bond acceptors (Lipinski definition) is 5. The van der Waals surface area contributed by atoms with Crippen LogP contribution in [0.4, 0.5) is 4.79 Å². The van der Waals surface area contributed by atoms with Crippen LogP contribution in [0.25, 0.3) is 0 Å². The summed E-state index contributed by atoms with van der Waals surface area (Å²) >= 11 is 0. The second-order valence-corrected chi connectivity index (χ2v) is 6.55. The Morgan fingerprint density at radius 1 is 1.38 bits per heavy atom. The minimum Gasteiger partial charge on any atom is -0.465 e. The van der Waals surface area contributed by atoms with Crippen molar-refractivity contribution < 1.29 is 23.9 Å². The van der Waals surface area contributed by atoms with Crippen LogP contribution in [0, 0.1) is 11.3 Å². The van der Waals surface area contributed by atoms with Crippen molar-refractivity contribution in [3.63, 3.8) is 0 Å². The second-order valence-electron chi connectivity index (χ2n) is 6.55. The maximum Gasteiger partial charge on any atom is 0.417 e. The minimum absolute atomic E-state index is 0.192. The fourth-order valence-corrected chi connectivity index (χ4v) is 2.26. The molecule has 0 aromatic heterocycles. The molecule has 1 aliphatic heterocycles. The lowest BCUT2D eigenvalue weighted by Crippen LogP contribution is -2.58. The number of piperidine rings is 1. The molecule has 6 heteroatoms. The van der Waals surface area contributed by atoms with Crippen LogP contribution in [0.3, 0.4) is 0 Å². The zero-order valence-electron chi connectivity index (χ0n) is 13.7. The van der Waals surface area contributed by atoms with Crippen LogP contribution in [0.5, 0.6) is 0 Å². The van der Waals surface area contributed by atoms with Gasteiger partial charge in [0.15, 0.2) is 0 Å². The summed E-state index contributed by atoms with van der Waals surface area (Å²) in [4.78, 5) is 37.9. The number of rotatable bonds is 2. The molecule has 1 saturated heterocycles.